The van der Waals surface area contributed by atoms with E-state index in [1.54, 1.807) is 24.3 Å². The molecule has 0 spiro atoms. The summed E-state index contributed by atoms with van der Waals surface area (Å²) in [4.78, 5) is 50.2. The summed E-state index contributed by atoms with van der Waals surface area (Å²) in [5.41, 5.74) is 0.585. The van der Waals surface area contributed by atoms with E-state index in [1.807, 2.05) is 0 Å². The zero-order valence-corrected chi connectivity index (χ0v) is 23.3. The number of carbonyl (C=O) groups is 3. The maximum atomic E-state index is 14.2. The number of nitrogens with zero attached hydrogens (tertiary/aromatic N) is 2. The largest absolute Gasteiger partial charge is 0.461 e. The van der Waals surface area contributed by atoms with E-state index in [0.717, 1.165) is 79.3 Å². The molecule has 14 heteroatoms. The molecule has 44 heavy (non-hydrogen) atoms. The number of hydrogen-bond acceptors (Lipinski definition) is 7. The van der Waals surface area contributed by atoms with Crippen LogP contribution in [-0.2, 0) is 22.5 Å². The van der Waals surface area contributed by atoms with Crippen LogP contribution in [0.2, 0.25) is 0 Å². The molecule has 10 nitrogen and oxygen atoms in total. The highest BCUT2D eigenvalue weighted by Crippen LogP contribution is 2.33. The van der Waals surface area contributed by atoms with E-state index in [4.69, 9.17) is 9.78 Å². The van der Waals surface area contributed by atoms with Gasteiger partial charge in [0.15, 0.2) is 0 Å². The Bertz CT molecular complexity index is 1680. The summed E-state index contributed by atoms with van der Waals surface area (Å²) in [7, 11) is 0. The van der Waals surface area contributed by atoms with Crippen LogP contribution < -0.4 is 16.0 Å². The third-order valence-electron chi connectivity index (χ3n) is 7.05. The normalized spacial score (nSPS) is 13.8. The van der Waals surface area contributed by atoms with Crippen molar-refractivity contribution in [3.8, 4) is 0 Å². The minimum Gasteiger partial charge on any atom is -0.314 e. The zero-order valence-electron chi connectivity index (χ0n) is 23.3. The van der Waals surface area contributed by atoms with E-state index >= 15 is 0 Å². The average Bonchev–Trinajstić information content (AvgIpc) is 3.26. The summed E-state index contributed by atoms with van der Waals surface area (Å²) in [6.45, 7) is 5.82. The van der Waals surface area contributed by atoms with Gasteiger partial charge in [-0.1, -0.05) is 12.1 Å². The van der Waals surface area contributed by atoms with Crippen LogP contribution in [0.15, 0.2) is 66.7 Å². The molecule has 2 amide bonds. The summed E-state index contributed by atoms with van der Waals surface area (Å²) in [5.74, 6) is -1.58. The van der Waals surface area contributed by atoms with Crippen LogP contribution >= 0.6 is 0 Å². The molecule has 3 aromatic carbocycles. The fourth-order valence-electron chi connectivity index (χ4n) is 4.83. The Balaban J connectivity index is 1.26. The highest BCUT2D eigenvalue weighted by molar-refractivity contribution is 6.09. The standard InChI is InChI=1S/C30H27F4N5O5/c1-18-26(37-28(41)36-23-9-6-21(7-10-23)30(32,33)34)24-16-22(31)8-11-25(24)39(18)29(42)44-43-27(40)20-4-2-19(3-5-20)17-38-14-12-35-13-15-38/h2-11,16,35H,12-15,17H2,1H3,(H2,36,37,41). The number of carbonyl (C=O) groups excluding carboxylic acids is 3. The predicted molar refractivity (Wildman–Crippen MR) is 153 cm³/mol. The molecule has 3 N–H and O–H groups in total. The van der Waals surface area contributed by atoms with Crippen LogP contribution in [-0.4, -0.2) is 53.7 Å². The lowest BCUT2D eigenvalue weighted by Gasteiger charge is -2.27. The smallest absolute Gasteiger partial charge is 0.314 e. The van der Waals surface area contributed by atoms with Crippen molar-refractivity contribution in [3.63, 3.8) is 0 Å². The van der Waals surface area contributed by atoms with Crippen molar-refractivity contribution >= 4 is 40.4 Å². The molecule has 0 radical (unpaired) electrons. The van der Waals surface area contributed by atoms with E-state index in [2.05, 4.69) is 20.9 Å². The molecule has 1 aliphatic rings. The van der Waals surface area contributed by atoms with Gasteiger partial charge in [-0.25, -0.2) is 33.1 Å². The number of aromatic nitrogens is 1. The number of anilines is 2. The van der Waals surface area contributed by atoms with Gasteiger partial charge in [0, 0.05) is 43.8 Å². The van der Waals surface area contributed by atoms with Crippen molar-refractivity contribution in [1.82, 2.24) is 14.8 Å². The molecule has 230 valence electrons. The Morgan fingerprint density at radius 2 is 1.59 bits per heavy atom. The summed E-state index contributed by atoms with van der Waals surface area (Å²) < 4.78 is 53.6. The third-order valence-corrected chi connectivity index (χ3v) is 7.05. The predicted octanol–water partition coefficient (Wildman–Crippen LogP) is 5.91. The average molecular weight is 614 g/mol. The van der Waals surface area contributed by atoms with Crippen LogP contribution in [0.3, 0.4) is 0 Å². The van der Waals surface area contributed by atoms with Crippen LogP contribution in [0.1, 0.15) is 27.2 Å². The molecule has 0 saturated carbocycles. The van der Waals surface area contributed by atoms with Gasteiger partial charge < -0.3 is 16.0 Å². The Hall–Kier alpha value is -4.95. The molecular formula is C30H27F4N5O5. The van der Waals surface area contributed by atoms with Crippen molar-refractivity contribution in [3.05, 3.63) is 94.9 Å². The van der Waals surface area contributed by atoms with Crippen molar-refractivity contribution < 1.29 is 41.7 Å². The summed E-state index contributed by atoms with van der Waals surface area (Å²) in [6.07, 6.45) is -5.68. The Morgan fingerprint density at radius 3 is 2.25 bits per heavy atom. The number of urea groups is 1. The topological polar surface area (TPSA) is 114 Å². The van der Waals surface area contributed by atoms with Gasteiger partial charge in [0.2, 0.25) is 0 Å². The maximum absolute atomic E-state index is 14.2. The molecule has 0 unspecified atom stereocenters. The van der Waals surface area contributed by atoms with Crippen molar-refractivity contribution in [2.45, 2.75) is 19.6 Å². The number of hydrogen-bond donors (Lipinski definition) is 3. The first-order chi connectivity index (χ1) is 21.0. The van der Waals surface area contributed by atoms with Crippen molar-refractivity contribution in [2.24, 2.45) is 0 Å². The fraction of sp³-hybridized carbons (Fsp3) is 0.233. The highest BCUT2D eigenvalue weighted by Gasteiger charge is 2.30. The first-order valence-corrected chi connectivity index (χ1v) is 13.5. The molecule has 0 atom stereocenters. The van der Waals surface area contributed by atoms with Gasteiger partial charge in [-0.2, -0.15) is 13.2 Å². The van der Waals surface area contributed by atoms with Gasteiger partial charge in [0.05, 0.1) is 28.0 Å². The number of alkyl halides is 3. The number of nitrogens with one attached hydrogen (secondary N) is 3. The monoisotopic (exact) mass is 613 g/mol. The quantitative estimate of drug-likeness (QED) is 0.146. The highest BCUT2D eigenvalue weighted by atomic mass is 19.4. The van der Waals surface area contributed by atoms with E-state index in [1.165, 1.54) is 13.0 Å². The number of halogens is 4. The van der Waals surface area contributed by atoms with Gasteiger partial charge in [-0.05, 0) is 67.1 Å². The van der Waals surface area contributed by atoms with Gasteiger partial charge in [0.25, 0.3) is 0 Å². The summed E-state index contributed by atoms with van der Waals surface area (Å²) in [5, 5.41) is 8.28. The van der Waals surface area contributed by atoms with Gasteiger partial charge in [0.1, 0.15) is 5.82 Å². The molecule has 0 aliphatic carbocycles. The molecule has 4 aromatic rings. The Morgan fingerprint density at radius 1 is 0.909 bits per heavy atom. The Labute approximate surface area is 248 Å². The number of rotatable bonds is 5. The van der Waals surface area contributed by atoms with Crippen LogP contribution in [0.4, 0.5) is 38.5 Å². The second-order valence-corrected chi connectivity index (χ2v) is 10.1. The first kappa shape index (κ1) is 30.5. The van der Waals surface area contributed by atoms with E-state index in [0.29, 0.717) is 0 Å². The summed E-state index contributed by atoms with van der Waals surface area (Å²) >= 11 is 0. The van der Waals surface area contributed by atoms with Gasteiger partial charge in [-0.15, -0.1) is 0 Å². The molecule has 1 aliphatic heterocycles. The minimum absolute atomic E-state index is 0.0206. The lowest BCUT2D eigenvalue weighted by molar-refractivity contribution is -0.182. The molecule has 5 rings (SSSR count). The number of fused-ring (bicyclic) bond motifs is 1. The van der Waals surface area contributed by atoms with Crippen molar-refractivity contribution in [1.29, 1.82) is 0 Å². The fourth-order valence-corrected chi connectivity index (χ4v) is 4.83. The zero-order chi connectivity index (χ0) is 31.4. The van der Waals surface area contributed by atoms with E-state index in [-0.39, 0.29) is 33.5 Å². The van der Waals surface area contributed by atoms with Crippen LogP contribution in [0.25, 0.3) is 10.9 Å². The molecule has 1 saturated heterocycles. The summed E-state index contributed by atoms with van der Waals surface area (Å²) in [6, 6.07) is 13.0. The second kappa shape index (κ2) is 12.7. The lowest BCUT2D eigenvalue weighted by Crippen LogP contribution is -2.42. The van der Waals surface area contributed by atoms with Gasteiger partial charge in [-0.3, -0.25) is 4.90 Å². The molecule has 0 bridgehead atoms. The molecular weight excluding hydrogens is 586 g/mol. The first-order valence-electron chi connectivity index (χ1n) is 13.5. The van der Waals surface area contributed by atoms with E-state index < -0.39 is 35.7 Å². The number of benzene rings is 3. The number of piperazine rings is 1. The second-order valence-electron chi connectivity index (χ2n) is 10.1. The number of amides is 2. The minimum atomic E-state index is -4.54. The molecule has 1 fully saturated rings. The maximum Gasteiger partial charge on any atom is 0.461 e. The van der Waals surface area contributed by atoms with Crippen LogP contribution in [0, 0.1) is 12.7 Å². The van der Waals surface area contributed by atoms with Gasteiger partial charge >= 0.3 is 24.3 Å². The Kier molecular flexibility index (Phi) is 8.83. The van der Waals surface area contributed by atoms with E-state index in [9.17, 15) is 31.9 Å². The third kappa shape index (κ3) is 6.98. The van der Waals surface area contributed by atoms with Crippen LogP contribution in [0.5, 0.6) is 0 Å². The lowest BCUT2D eigenvalue weighted by atomic mass is 10.1. The molecule has 2 heterocycles. The van der Waals surface area contributed by atoms with Crippen molar-refractivity contribution in [2.75, 3.05) is 36.8 Å². The SMILES string of the molecule is Cc1c(NC(=O)Nc2ccc(C(F)(F)F)cc2)c2cc(F)ccc2n1C(=O)OOC(=O)c1ccc(CN2CCNCC2)cc1. The molecule has 1 aromatic heterocycles.